The van der Waals surface area contributed by atoms with Gasteiger partial charge in [-0.25, -0.2) is 0 Å². The van der Waals surface area contributed by atoms with E-state index in [4.69, 9.17) is 14.5 Å². The second-order valence-electron chi connectivity index (χ2n) is 3.17. The Morgan fingerprint density at radius 3 is 3.19 bits per heavy atom. The van der Waals surface area contributed by atoms with E-state index >= 15 is 0 Å². The molecule has 0 aliphatic rings. The molecule has 0 aromatic carbocycles. The van der Waals surface area contributed by atoms with Gasteiger partial charge < -0.3 is 14.2 Å². The molecule has 0 bridgehead atoms. The van der Waals surface area contributed by atoms with Crippen molar-refractivity contribution in [2.24, 2.45) is 0 Å². The van der Waals surface area contributed by atoms with Gasteiger partial charge in [0.05, 0.1) is 12.2 Å². The predicted octanol–water partition coefficient (Wildman–Crippen LogP) is 1.13. The average Bonchev–Trinajstić information content (AvgIpc) is 2.94. The third kappa shape index (κ3) is 2.10. The van der Waals surface area contributed by atoms with Crippen molar-refractivity contribution < 1.29 is 9.26 Å². The number of nitriles is 1. The maximum atomic E-state index is 8.65. The standard InChI is InChI=1S/C10H10N4O2/c1-15-3-2-9-13-10(16-14-9)7-4-8(5-11)12-6-7/h4,6,12H,2-3H2,1H3. The Bertz CT molecular complexity index is 509. The van der Waals surface area contributed by atoms with Gasteiger partial charge in [0.1, 0.15) is 11.8 Å². The van der Waals surface area contributed by atoms with Crippen molar-refractivity contribution in [3.8, 4) is 17.5 Å². The van der Waals surface area contributed by atoms with Gasteiger partial charge in [0.15, 0.2) is 5.82 Å². The minimum atomic E-state index is 0.406. The van der Waals surface area contributed by atoms with E-state index in [9.17, 15) is 0 Å². The number of aromatic amines is 1. The molecule has 0 aliphatic heterocycles. The van der Waals surface area contributed by atoms with E-state index in [0.717, 1.165) is 0 Å². The SMILES string of the molecule is COCCc1noc(-c2c[nH]c(C#N)c2)n1. The fourth-order valence-corrected chi connectivity index (χ4v) is 1.25. The molecule has 0 atom stereocenters. The number of hydrogen-bond acceptors (Lipinski definition) is 5. The Hall–Kier alpha value is -2.13. The molecule has 2 rings (SSSR count). The fraction of sp³-hybridized carbons (Fsp3) is 0.300. The van der Waals surface area contributed by atoms with Crippen molar-refractivity contribution in [3.63, 3.8) is 0 Å². The fourth-order valence-electron chi connectivity index (χ4n) is 1.25. The number of hydrogen-bond donors (Lipinski definition) is 1. The molecule has 2 aromatic heterocycles. The summed E-state index contributed by atoms with van der Waals surface area (Å²) in [5.41, 5.74) is 1.18. The van der Waals surface area contributed by atoms with Crippen molar-refractivity contribution in [2.75, 3.05) is 13.7 Å². The molecule has 0 saturated carbocycles. The highest BCUT2D eigenvalue weighted by molar-refractivity contribution is 5.54. The van der Waals surface area contributed by atoms with Crippen LogP contribution in [0.4, 0.5) is 0 Å². The molecule has 2 aromatic rings. The van der Waals surface area contributed by atoms with E-state index in [2.05, 4.69) is 15.1 Å². The highest BCUT2D eigenvalue weighted by Crippen LogP contribution is 2.17. The summed E-state index contributed by atoms with van der Waals surface area (Å²) in [7, 11) is 1.62. The molecule has 0 radical (unpaired) electrons. The Kier molecular flexibility index (Phi) is 2.98. The molecule has 0 saturated heterocycles. The molecule has 6 heteroatoms. The topological polar surface area (TPSA) is 87.7 Å². The zero-order valence-corrected chi connectivity index (χ0v) is 8.73. The summed E-state index contributed by atoms with van der Waals surface area (Å²) in [6.07, 6.45) is 2.27. The van der Waals surface area contributed by atoms with Crippen LogP contribution < -0.4 is 0 Å². The third-order valence-corrected chi connectivity index (χ3v) is 2.05. The molecule has 0 spiro atoms. The molecule has 82 valence electrons. The molecule has 0 unspecified atom stereocenters. The first-order valence-corrected chi connectivity index (χ1v) is 4.74. The number of nitrogens with zero attached hydrogens (tertiary/aromatic N) is 3. The summed E-state index contributed by atoms with van der Waals surface area (Å²) >= 11 is 0. The Morgan fingerprint density at radius 2 is 2.50 bits per heavy atom. The molecule has 16 heavy (non-hydrogen) atoms. The summed E-state index contributed by atoms with van der Waals surface area (Å²) in [4.78, 5) is 6.97. The van der Waals surface area contributed by atoms with Crippen molar-refractivity contribution in [1.82, 2.24) is 15.1 Å². The molecule has 0 amide bonds. The lowest BCUT2D eigenvalue weighted by atomic mass is 10.3. The van der Waals surface area contributed by atoms with Gasteiger partial charge in [-0.1, -0.05) is 5.16 Å². The van der Waals surface area contributed by atoms with Crippen LogP contribution in [-0.4, -0.2) is 28.8 Å². The van der Waals surface area contributed by atoms with Crippen molar-refractivity contribution >= 4 is 0 Å². The first-order valence-electron chi connectivity index (χ1n) is 4.74. The average molecular weight is 218 g/mol. The van der Waals surface area contributed by atoms with Crippen LogP contribution in [0, 0.1) is 11.3 Å². The number of rotatable bonds is 4. The molecule has 6 nitrogen and oxygen atoms in total. The van der Waals surface area contributed by atoms with E-state index in [1.165, 1.54) is 0 Å². The van der Waals surface area contributed by atoms with E-state index in [-0.39, 0.29) is 0 Å². The largest absolute Gasteiger partial charge is 0.384 e. The van der Waals surface area contributed by atoms with Crippen LogP contribution in [0.3, 0.4) is 0 Å². The summed E-state index contributed by atoms with van der Waals surface area (Å²) in [5.74, 6) is 1.00. The Morgan fingerprint density at radius 1 is 1.62 bits per heavy atom. The maximum absolute atomic E-state index is 8.65. The zero-order chi connectivity index (χ0) is 11.4. The minimum Gasteiger partial charge on any atom is -0.384 e. The summed E-state index contributed by atoms with van der Waals surface area (Å²) in [6, 6.07) is 3.65. The molecule has 0 fully saturated rings. The van der Waals surface area contributed by atoms with Crippen LogP contribution in [0.1, 0.15) is 11.5 Å². The number of methoxy groups -OCH3 is 1. The maximum Gasteiger partial charge on any atom is 0.259 e. The molecular formula is C10H10N4O2. The first-order chi connectivity index (χ1) is 7.83. The third-order valence-electron chi connectivity index (χ3n) is 2.05. The van der Waals surface area contributed by atoms with Crippen LogP contribution in [-0.2, 0) is 11.2 Å². The highest BCUT2D eigenvalue weighted by atomic mass is 16.5. The van der Waals surface area contributed by atoms with Gasteiger partial charge in [-0.3, -0.25) is 0 Å². The molecule has 1 N–H and O–H groups in total. The minimum absolute atomic E-state index is 0.406. The van der Waals surface area contributed by atoms with Crippen molar-refractivity contribution in [2.45, 2.75) is 6.42 Å². The van der Waals surface area contributed by atoms with Gasteiger partial charge in [0, 0.05) is 19.7 Å². The van der Waals surface area contributed by atoms with Crippen LogP contribution in [0.15, 0.2) is 16.8 Å². The molecule has 2 heterocycles. The lowest BCUT2D eigenvalue weighted by Gasteiger charge is -1.90. The summed E-state index contributed by atoms with van der Waals surface area (Å²) < 4.78 is 9.97. The van der Waals surface area contributed by atoms with Crippen LogP contribution in [0.5, 0.6) is 0 Å². The highest BCUT2D eigenvalue weighted by Gasteiger charge is 2.10. The van der Waals surface area contributed by atoms with Crippen molar-refractivity contribution in [1.29, 1.82) is 5.26 Å². The Balaban J connectivity index is 2.15. The predicted molar refractivity (Wildman–Crippen MR) is 54.4 cm³/mol. The summed E-state index contributed by atoms with van der Waals surface area (Å²) in [6.45, 7) is 0.551. The van der Waals surface area contributed by atoms with Gasteiger partial charge in [-0.15, -0.1) is 0 Å². The van der Waals surface area contributed by atoms with E-state index in [1.54, 1.807) is 19.4 Å². The van der Waals surface area contributed by atoms with Crippen LogP contribution in [0.25, 0.3) is 11.5 Å². The van der Waals surface area contributed by atoms with Crippen molar-refractivity contribution in [3.05, 3.63) is 23.8 Å². The van der Waals surface area contributed by atoms with Crippen LogP contribution in [0.2, 0.25) is 0 Å². The van der Waals surface area contributed by atoms with Crippen LogP contribution >= 0.6 is 0 Å². The molecule has 0 aliphatic carbocycles. The second kappa shape index (κ2) is 4.59. The first kappa shape index (κ1) is 10.4. The number of nitrogens with one attached hydrogen (secondary N) is 1. The quantitative estimate of drug-likeness (QED) is 0.830. The number of aromatic nitrogens is 3. The number of H-pyrrole nitrogens is 1. The van der Waals surface area contributed by atoms with Gasteiger partial charge >= 0.3 is 0 Å². The second-order valence-corrected chi connectivity index (χ2v) is 3.17. The molecular weight excluding hydrogens is 208 g/mol. The summed E-state index contributed by atoms with van der Waals surface area (Å²) in [5, 5.41) is 12.5. The Labute approximate surface area is 91.8 Å². The lowest BCUT2D eigenvalue weighted by molar-refractivity contribution is 0.199. The lowest BCUT2D eigenvalue weighted by Crippen LogP contribution is -1.95. The smallest absolute Gasteiger partial charge is 0.259 e. The van der Waals surface area contributed by atoms with E-state index < -0.39 is 0 Å². The zero-order valence-electron chi connectivity index (χ0n) is 8.73. The monoisotopic (exact) mass is 218 g/mol. The van der Waals surface area contributed by atoms with Gasteiger partial charge in [0.25, 0.3) is 5.89 Å². The van der Waals surface area contributed by atoms with Gasteiger partial charge in [-0.05, 0) is 6.07 Å². The van der Waals surface area contributed by atoms with E-state index in [1.807, 2.05) is 6.07 Å². The number of ether oxygens (including phenoxy) is 1. The normalized spacial score (nSPS) is 10.2. The van der Waals surface area contributed by atoms with E-state index in [0.29, 0.717) is 36.0 Å². The van der Waals surface area contributed by atoms with Gasteiger partial charge in [-0.2, -0.15) is 10.2 Å². The van der Waals surface area contributed by atoms with Gasteiger partial charge in [0.2, 0.25) is 0 Å².